The summed E-state index contributed by atoms with van der Waals surface area (Å²) in [5.74, 6) is -6.20. The number of rotatable bonds is 11. The van der Waals surface area contributed by atoms with Crippen LogP contribution in [0.15, 0.2) is 60.7 Å². The number of hydrogen-bond donors (Lipinski definition) is 5. The van der Waals surface area contributed by atoms with Crippen LogP contribution in [-0.4, -0.2) is 63.0 Å². The van der Waals surface area contributed by atoms with Crippen LogP contribution in [0.2, 0.25) is 0 Å². The minimum atomic E-state index is -3.33. The van der Waals surface area contributed by atoms with Gasteiger partial charge in [-0.2, -0.15) is 5.06 Å². The Bertz CT molecular complexity index is 969. The Kier molecular flexibility index (Phi) is 8.33. The molecule has 10 nitrogen and oxygen atoms in total. The normalized spacial score (nSPS) is 14.6. The average Bonchev–Trinajstić information content (AvgIpc) is 2.79. The fraction of sp³-hybridized carbons (Fsp3) is 0.273. The number of carboxylic acids is 1. The number of carbonyl (C=O) groups is 4. The van der Waals surface area contributed by atoms with Crippen LogP contribution in [0.1, 0.15) is 11.1 Å². The molecule has 10 heteroatoms. The summed E-state index contributed by atoms with van der Waals surface area (Å²) in [6.07, 6.45) is -0.210. The van der Waals surface area contributed by atoms with Gasteiger partial charge < -0.3 is 22.3 Å². The maximum Gasteiger partial charge on any atom is 0.348 e. The molecule has 0 aromatic heterocycles. The van der Waals surface area contributed by atoms with Gasteiger partial charge in [0.05, 0.1) is 18.6 Å². The zero-order valence-corrected chi connectivity index (χ0v) is 17.3. The Hall–Kier alpha value is -3.44. The van der Waals surface area contributed by atoms with Crippen LogP contribution in [0.3, 0.4) is 0 Å². The highest BCUT2D eigenvalue weighted by Gasteiger charge is 2.60. The molecule has 0 saturated heterocycles. The number of Topliss-reactive ketones (excluding diaryl/α,β-unsaturated/α-hetero) is 2. The van der Waals surface area contributed by atoms with Crippen molar-refractivity contribution < 1.29 is 29.5 Å². The molecule has 2 aromatic carbocycles. The fourth-order valence-electron chi connectivity index (χ4n) is 3.33. The Labute approximate surface area is 184 Å². The second-order valence-corrected chi connectivity index (χ2v) is 7.25. The van der Waals surface area contributed by atoms with Gasteiger partial charge in [0.1, 0.15) is 0 Å². The second-order valence-electron chi connectivity index (χ2n) is 7.25. The van der Waals surface area contributed by atoms with Gasteiger partial charge in [-0.3, -0.25) is 19.6 Å². The number of ketones is 2. The number of hydrogen-bond acceptors (Lipinski definition) is 8. The highest BCUT2D eigenvalue weighted by molar-refractivity contribution is 6.30. The predicted octanol–water partition coefficient (Wildman–Crippen LogP) is -0.735. The summed E-state index contributed by atoms with van der Waals surface area (Å²) in [5.41, 5.74) is 15.0. The Morgan fingerprint density at radius 2 is 1.28 bits per heavy atom. The number of carbonyl (C=O) groups excluding carboxylic acids is 3. The lowest BCUT2D eigenvalue weighted by molar-refractivity contribution is -0.207. The molecule has 3 atom stereocenters. The van der Waals surface area contributed by atoms with Crippen molar-refractivity contribution in [2.24, 2.45) is 17.2 Å². The predicted molar refractivity (Wildman–Crippen MR) is 114 cm³/mol. The fourth-order valence-corrected chi connectivity index (χ4v) is 3.33. The van der Waals surface area contributed by atoms with E-state index >= 15 is 0 Å². The van der Waals surface area contributed by atoms with Gasteiger partial charge in [0.15, 0.2) is 11.6 Å². The number of amides is 1. The number of aliphatic carboxylic acids is 1. The highest BCUT2D eigenvalue weighted by Crippen LogP contribution is 2.22. The van der Waals surface area contributed by atoms with Crippen molar-refractivity contribution in [1.29, 1.82) is 0 Å². The van der Waals surface area contributed by atoms with Crippen molar-refractivity contribution in [3.8, 4) is 0 Å². The van der Waals surface area contributed by atoms with Crippen LogP contribution < -0.4 is 17.2 Å². The SMILES string of the molecule is NCC(=O)C(C(=O)O)(C(=O)C(N)Cc1ccccc1)N(O)C(=O)C(N)Cc1ccccc1. The van der Waals surface area contributed by atoms with Crippen LogP contribution in [-0.2, 0) is 32.0 Å². The van der Waals surface area contributed by atoms with Crippen LogP contribution in [0, 0.1) is 0 Å². The number of hydroxylamine groups is 2. The monoisotopic (exact) mass is 442 g/mol. The molecule has 2 rings (SSSR count). The molecule has 0 spiro atoms. The third-order valence-corrected chi connectivity index (χ3v) is 5.03. The van der Waals surface area contributed by atoms with Crippen molar-refractivity contribution in [2.45, 2.75) is 30.5 Å². The van der Waals surface area contributed by atoms with Gasteiger partial charge >= 0.3 is 5.97 Å². The molecule has 3 unspecified atom stereocenters. The molecule has 0 aliphatic rings. The smallest absolute Gasteiger partial charge is 0.348 e. The topological polar surface area (TPSA) is 190 Å². The van der Waals surface area contributed by atoms with Crippen molar-refractivity contribution in [2.75, 3.05) is 6.54 Å². The molecule has 0 aliphatic carbocycles. The summed E-state index contributed by atoms with van der Waals surface area (Å²) in [7, 11) is 0. The summed E-state index contributed by atoms with van der Waals surface area (Å²) >= 11 is 0. The summed E-state index contributed by atoms with van der Waals surface area (Å²) < 4.78 is 0. The number of nitrogens with two attached hydrogens (primary N) is 3. The quantitative estimate of drug-likeness (QED) is 0.169. The van der Waals surface area contributed by atoms with Gasteiger partial charge in [-0.1, -0.05) is 60.7 Å². The van der Waals surface area contributed by atoms with Crippen molar-refractivity contribution in [3.63, 3.8) is 0 Å². The minimum Gasteiger partial charge on any atom is -0.479 e. The van der Waals surface area contributed by atoms with E-state index < -0.39 is 52.7 Å². The van der Waals surface area contributed by atoms with E-state index in [1.165, 1.54) is 0 Å². The molecule has 0 saturated carbocycles. The molecule has 8 N–H and O–H groups in total. The molecule has 2 aromatic rings. The first-order valence-corrected chi connectivity index (χ1v) is 9.79. The summed E-state index contributed by atoms with van der Waals surface area (Å²) in [5, 5.41) is 20.0. The third kappa shape index (κ3) is 5.06. The Morgan fingerprint density at radius 1 is 0.844 bits per heavy atom. The van der Waals surface area contributed by atoms with Gasteiger partial charge in [0.2, 0.25) is 0 Å². The van der Waals surface area contributed by atoms with E-state index in [2.05, 4.69) is 0 Å². The molecule has 0 aliphatic heterocycles. The molecular weight excluding hydrogens is 416 g/mol. The largest absolute Gasteiger partial charge is 0.479 e. The molecule has 0 fully saturated rings. The van der Waals surface area contributed by atoms with Crippen LogP contribution in [0.25, 0.3) is 0 Å². The zero-order chi connectivity index (χ0) is 23.9. The maximum atomic E-state index is 13.2. The van der Waals surface area contributed by atoms with Gasteiger partial charge in [-0.25, -0.2) is 4.79 Å². The Balaban J connectivity index is 2.39. The average molecular weight is 442 g/mol. The molecule has 1 amide bonds. The summed E-state index contributed by atoms with van der Waals surface area (Å²) in [4.78, 5) is 50.8. The molecule has 0 bridgehead atoms. The third-order valence-electron chi connectivity index (χ3n) is 5.03. The van der Waals surface area contributed by atoms with E-state index in [0.717, 1.165) is 0 Å². The zero-order valence-electron chi connectivity index (χ0n) is 17.3. The highest BCUT2D eigenvalue weighted by atomic mass is 16.5. The van der Waals surface area contributed by atoms with E-state index in [1.807, 2.05) is 0 Å². The van der Waals surface area contributed by atoms with E-state index in [4.69, 9.17) is 17.2 Å². The van der Waals surface area contributed by atoms with Crippen molar-refractivity contribution in [3.05, 3.63) is 71.8 Å². The first-order valence-electron chi connectivity index (χ1n) is 9.79. The lowest BCUT2D eigenvalue weighted by Crippen LogP contribution is -2.71. The molecule has 170 valence electrons. The lowest BCUT2D eigenvalue weighted by Gasteiger charge is -2.35. The van der Waals surface area contributed by atoms with Gasteiger partial charge in [0, 0.05) is 0 Å². The first-order chi connectivity index (χ1) is 15.2. The standard InChI is InChI=1S/C22H26N4O6/c23-13-18(27)22(21(30)31,19(28)16(24)11-14-7-3-1-4-8-14)26(32)20(29)17(25)12-15-9-5-2-6-10-15/h1-10,16-17,32H,11-13,23-25H2,(H,30,31). The Morgan fingerprint density at radius 3 is 1.69 bits per heavy atom. The van der Waals surface area contributed by atoms with Gasteiger partial charge in [0.25, 0.3) is 11.4 Å². The maximum absolute atomic E-state index is 13.2. The molecular formula is C22H26N4O6. The molecule has 0 heterocycles. The number of benzene rings is 2. The summed E-state index contributed by atoms with van der Waals surface area (Å²) in [6, 6.07) is 13.9. The van der Waals surface area contributed by atoms with E-state index in [0.29, 0.717) is 11.1 Å². The first kappa shape index (κ1) is 24.8. The number of nitrogens with zero attached hydrogens (tertiary/aromatic N) is 1. The molecule has 32 heavy (non-hydrogen) atoms. The van der Waals surface area contributed by atoms with Crippen molar-refractivity contribution in [1.82, 2.24) is 5.06 Å². The van der Waals surface area contributed by atoms with Crippen LogP contribution in [0.4, 0.5) is 0 Å². The molecule has 0 radical (unpaired) electrons. The van der Waals surface area contributed by atoms with E-state index in [9.17, 15) is 29.5 Å². The van der Waals surface area contributed by atoms with E-state index in [-0.39, 0.29) is 12.8 Å². The van der Waals surface area contributed by atoms with Crippen LogP contribution >= 0.6 is 0 Å². The minimum absolute atomic E-state index is 0.0759. The summed E-state index contributed by atoms with van der Waals surface area (Å²) in [6.45, 7) is -0.936. The van der Waals surface area contributed by atoms with Gasteiger partial charge in [-0.05, 0) is 24.0 Å². The lowest BCUT2D eigenvalue weighted by atomic mass is 9.82. The van der Waals surface area contributed by atoms with Gasteiger partial charge in [-0.15, -0.1) is 0 Å². The van der Waals surface area contributed by atoms with Crippen molar-refractivity contribution >= 4 is 23.4 Å². The second kappa shape index (κ2) is 10.7. The number of carboxylic acid groups (broad SMARTS) is 1. The van der Waals surface area contributed by atoms with E-state index in [1.54, 1.807) is 60.7 Å². The van der Waals surface area contributed by atoms with Crippen LogP contribution in [0.5, 0.6) is 0 Å².